The Morgan fingerprint density at radius 1 is 1.09 bits per heavy atom. The molecule has 168 valence electrons. The first-order chi connectivity index (χ1) is 15.6. The largest absolute Gasteiger partial charge is 0.493 e. The van der Waals surface area contributed by atoms with Crippen LogP contribution in [0.2, 0.25) is 0 Å². The van der Waals surface area contributed by atoms with Crippen molar-refractivity contribution in [2.45, 2.75) is 38.6 Å². The lowest BCUT2D eigenvalue weighted by Gasteiger charge is -2.19. The summed E-state index contributed by atoms with van der Waals surface area (Å²) in [6.07, 6.45) is 4.62. The normalized spacial score (nSPS) is 14.8. The summed E-state index contributed by atoms with van der Waals surface area (Å²) in [4.78, 5) is 26.0. The monoisotopic (exact) mass is 436 g/mol. The molecule has 0 radical (unpaired) electrons. The first-order valence-electron chi connectivity index (χ1n) is 10.9. The molecule has 7 heteroatoms. The molecule has 0 aliphatic heterocycles. The van der Waals surface area contributed by atoms with E-state index < -0.39 is 6.09 Å². The Morgan fingerprint density at radius 3 is 2.53 bits per heavy atom. The molecule has 1 heterocycles. The second kappa shape index (κ2) is 9.34. The zero-order valence-electron chi connectivity index (χ0n) is 18.6. The van der Waals surface area contributed by atoms with E-state index >= 15 is 0 Å². The Bertz CT molecular complexity index is 1200. The fraction of sp³-hybridized carbons (Fsp3) is 0.360. The molecular weight excluding hydrogens is 408 g/mol. The quantitative estimate of drug-likeness (QED) is 0.554. The van der Waals surface area contributed by atoms with Gasteiger partial charge in [0.25, 0.3) is 5.56 Å². The number of unbranched alkanes of at least 4 members (excludes halogenated alkanes) is 1. The van der Waals surface area contributed by atoms with E-state index in [4.69, 9.17) is 14.2 Å². The van der Waals surface area contributed by atoms with Crippen LogP contribution in [0.3, 0.4) is 0 Å². The summed E-state index contributed by atoms with van der Waals surface area (Å²) >= 11 is 0. The van der Waals surface area contributed by atoms with Crippen LogP contribution in [0.1, 0.15) is 43.4 Å². The maximum atomic E-state index is 13.6. The van der Waals surface area contributed by atoms with Gasteiger partial charge in [-0.05, 0) is 42.5 Å². The third-order valence-electron chi connectivity index (χ3n) is 5.95. The van der Waals surface area contributed by atoms with Crippen LogP contribution >= 0.6 is 0 Å². The minimum absolute atomic E-state index is 0.123. The molecule has 0 saturated carbocycles. The van der Waals surface area contributed by atoms with E-state index in [1.165, 1.54) is 19.8 Å². The molecule has 1 unspecified atom stereocenters. The van der Waals surface area contributed by atoms with Crippen LogP contribution in [0.4, 0.5) is 4.79 Å². The average molecular weight is 437 g/mol. The van der Waals surface area contributed by atoms with Crippen LogP contribution < -0.4 is 25.1 Å². The standard InChI is InChI=1S/C25H28N2O5/c1-4-5-12-26-25(29)32-23-15-27(20-11-10-16-8-6-7-9-17(16)20)24(28)19-14-22(31-3)21(30-2)13-18(19)23/h6-9,13-15,20H,4-5,10-12H2,1-3H3,(H,26,29). The molecule has 1 aromatic heterocycles. The van der Waals surface area contributed by atoms with Crippen molar-refractivity contribution in [3.05, 3.63) is 64.1 Å². The summed E-state index contributed by atoms with van der Waals surface area (Å²) in [5.74, 6) is 1.21. The van der Waals surface area contributed by atoms with Crippen molar-refractivity contribution in [2.75, 3.05) is 20.8 Å². The van der Waals surface area contributed by atoms with Crippen molar-refractivity contribution in [1.82, 2.24) is 9.88 Å². The third-order valence-corrected chi connectivity index (χ3v) is 5.95. The van der Waals surface area contributed by atoms with Crippen LogP contribution in [-0.4, -0.2) is 31.4 Å². The summed E-state index contributed by atoms with van der Waals surface area (Å²) in [6.45, 7) is 2.58. The van der Waals surface area contributed by atoms with Crippen molar-refractivity contribution >= 4 is 16.9 Å². The first-order valence-corrected chi connectivity index (χ1v) is 10.9. The predicted octanol–water partition coefficient (Wildman–Crippen LogP) is 4.44. The van der Waals surface area contributed by atoms with Gasteiger partial charge in [0.2, 0.25) is 0 Å². The summed E-state index contributed by atoms with van der Waals surface area (Å²) in [5, 5.41) is 3.67. The fourth-order valence-electron chi connectivity index (χ4n) is 4.29. The molecule has 1 aliphatic carbocycles. The Morgan fingerprint density at radius 2 is 1.81 bits per heavy atom. The number of fused-ring (bicyclic) bond motifs is 2. The van der Waals surface area contributed by atoms with Crippen LogP contribution in [0.25, 0.3) is 10.8 Å². The number of aromatic nitrogens is 1. The van der Waals surface area contributed by atoms with Crippen molar-refractivity contribution < 1.29 is 19.0 Å². The van der Waals surface area contributed by atoms with Gasteiger partial charge in [-0.15, -0.1) is 0 Å². The van der Waals surface area contributed by atoms with Crippen molar-refractivity contribution in [2.24, 2.45) is 0 Å². The smallest absolute Gasteiger partial charge is 0.412 e. The van der Waals surface area contributed by atoms with Gasteiger partial charge in [0, 0.05) is 11.9 Å². The highest BCUT2D eigenvalue weighted by atomic mass is 16.6. The number of benzene rings is 2. The Kier molecular flexibility index (Phi) is 6.35. The van der Waals surface area contributed by atoms with E-state index in [0.717, 1.165) is 31.2 Å². The molecule has 32 heavy (non-hydrogen) atoms. The Balaban J connectivity index is 1.85. The summed E-state index contributed by atoms with van der Waals surface area (Å²) < 4.78 is 18.2. The van der Waals surface area contributed by atoms with Crippen LogP contribution in [-0.2, 0) is 6.42 Å². The van der Waals surface area contributed by atoms with E-state index in [1.54, 1.807) is 22.9 Å². The summed E-state index contributed by atoms with van der Waals surface area (Å²) in [6, 6.07) is 11.3. The molecule has 2 aromatic carbocycles. The van der Waals surface area contributed by atoms with E-state index in [1.807, 2.05) is 12.1 Å². The topological polar surface area (TPSA) is 78.8 Å². The molecule has 0 spiro atoms. The van der Waals surface area contributed by atoms with Gasteiger partial charge in [-0.25, -0.2) is 4.79 Å². The highest BCUT2D eigenvalue weighted by Crippen LogP contribution is 2.38. The van der Waals surface area contributed by atoms with Crippen LogP contribution in [0.15, 0.2) is 47.4 Å². The minimum Gasteiger partial charge on any atom is -0.493 e. The van der Waals surface area contributed by atoms with Gasteiger partial charge >= 0.3 is 6.09 Å². The second-order valence-electron chi connectivity index (χ2n) is 7.88. The Hall–Kier alpha value is -3.48. The number of methoxy groups -OCH3 is 2. The number of amides is 1. The number of carbonyl (C=O) groups excluding carboxylic acids is 1. The van der Waals surface area contributed by atoms with Gasteiger partial charge in [-0.3, -0.25) is 4.79 Å². The van der Waals surface area contributed by atoms with Crippen molar-refractivity contribution in [3.63, 3.8) is 0 Å². The highest BCUT2D eigenvalue weighted by Gasteiger charge is 2.27. The fourth-order valence-corrected chi connectivity index (χ4v) is 4.29. The van der Waals surface area contributed by atoms with E-state index in [-0.39, 0.29) is 11.6 Å². The maximum absolute atomic E-state index is 13.6. The highest BCUT2D eigenvalue weighted by molar-refractivity contribution is 5.92. The molecule has 1 amide bonds. The predicted molar refractivity (Wildman–Crippen MR) is 123 cm³/mol. The lowest BCUT2D eigenvalue weighted by Crippen LogP contribution is -2.29. The minimum atomic E-state index is -0.549. The number of hydrogen-bond acceptors (Lipinski definition) is 5. The van der Waals surface area contributed by atoms with Gasteiger partial charge in [-0.2, -0.15) is 0 Å². The SMILES string of the molecule is CCCCNC(=O)Oc1cn(C2CCc3ccccc32)c(=O)c2cc(OC)c(OC)cc12. The van der Waals surface area contributed by atoms with Crippen molar-refractivity contribution in [3.8, 4) is 17.2 Å². The molecule has 7 nitrogen and oxygen atoms in total. The van der Waals surface area contributed by atoms with Gasteiger partial charge < -0.3 is 24.1 Å². The average Bonchev–Trinajstić information content (AvgIpc) is 3.24. The molecule has 0 saturated heterocycles. The molecule has 0 bridgehead atoms. The molecule has 3 aromatic rings. The number of pyridine rings is 1. The number of rotatable bonds is 7. The number of carbonyl (C=O) groups is 1. The number of aryl methyl sites for hydroxylation is 1. The van der Waals surface area contributed by atoms with Gasteiger partial charge in [0.15, 0.2) is 17.2 Å². The first kappa shape index (κ1) is 21.7. The molecule has 4 rings (SSSR count). The zero-order chi connectivity index (χ0) is 22.7. The van der Waals surface area contributed by atoms with Crippen molar-refractivity contribution in [1.29, 1.82) is 0 Å². The van der Waals surface area contributed by atoms with E-state index in [0.29, 0.717) is 34.6 Å². The second-order valence-corrected chi connectivity index (χ2v) is 7.88. The summed E-state index contributed by atoms with van der Waals surface area (Å²) in [5.41, 5.74) is 2.19. The van der Waals surface area contributed by atoms with E-state index in [2.05, 4.69) is 24.4 Å². The molecule has 1 aliphatic rings. The molecule has 0 fully saturated rings. The van der Waals surface area contributed by atoms with Crippen LogP contribution in [0.5, 0.6) is 17.2 Å². The van der Waals surface area contributed by atoms with Gasteiger partial charge in [0.05, 0.1) is 31.8 Å². The lowest BCUT2D eigenvalue weighted by molar-refractivity contribution is 0.200. The summed E-state index contributed by atoms with van der Waals surface area (Å²) in [7, 11) is 3.05. The van der Waals surface area contributed by atoms with Gasteiger partial charge in [-0.1, -0.05) is 37.6 Å². The van der Waals surface area contributed by atoms with Gasteiger partial charge in [0.1, 0.15) is 0 Å². The maximum Gasteiger partial charge on any atom is 0.412 e. The van der Waals surface area contributed by atoms with E-state index in [9.17, 15) is 9.59 Å². The number of nitrogens with zero attached hydrogens (tertiary/aromatic N) is 1. The molecular formula is C25H28N2O5. The Labute approximate surface area is 186 Å². The molecule has 1 atom stereocenters. The zero-order valence-corrected chi connectivity index (χ0v) is 18.6. The van der Waals surface area contributed by atoms with Crippen LogP contribution in [0, 0.1) is 0 Å². The lowest BCUT2D eigenvalue weighted by atomic mass is 10.1. The third kappa shape index (κ3) is 4.02. The molecule has 1 N–H and O–H groups in total. The number of hydrogen-bond donors (Lipinski definition) is 1. The number of nitrogens with one attached hydrogen (secondary N) is 1. The number of ether oxygens (including phenoxy) is 3.